The van der Waals surface area contributed by atoms with Gasteiger partial charge >= 0.3 is 5.97 Å². The Labute approximate surface area is 150 Å². The molecule has 0 saturated carbocycles. The molecule has 0 fully saturated rings. The fraction of sp³-hybridized carbons (Fsp3) is 0.222. The zero-order valence-electron chi connectivity index (χ0n) is 13.8. The Morgan fingerprint density at radius 1 is 1.08 bits per heavy atom. The molecule has 0 aromatic heterocycles. The number of esters is 1. The first-order valence-corrected chi connectivity index (χ1v) is 7.89. The van der Waals surface area contributed by atoms with Crippen molar-refractivity contribution >= 4 is 29.2 Å². The highest BCUT2D eigenvalue weighted by Crippen LogP contribution is 2.24. The molecule has 2 rings (SSSR count). The summed E-state index contributed by atoms with van der Waals surface area (Å²) >= 11 is 5.93. The summed E-state index contributed by atoms with van der Waals surface area (Å²) in [6.07, 6.45) is -0.993. The minimum Gasteiger partial charge on any atom is -0.495 e. The second-order valence-electron chi connectivity index (χ2n) is 5.04. The Bertz CT molecular complexity index is 750. The summed E-state index contributed by atoms with van der Waals surface area (Å²) in [6.45, 7) is 1.12. The molecule has 0 bridgehead atoms. The van der Waals surface area contributed by atoms with Crippen LogP contribution in [-0.2, 0) is 14.3 Å². The summed E-state index contributed by atoms with van der Waals surface area (Å²) in [5.74, 6) is -0.276. The van der Waals surface area contributed by atoms with Crippen LogP contribution in [0.25, 0.3) is 0 Å². The number of nitrogens with one attached hydrogen (secondary N) is 1. The minimum absolute atomic E-state index is 0.351. The van der Waals surface area contributed by atoms with Crippen molar-refractivity contribution in [3.05, 3.63) is 53.6 Å². The number of anilines is 1. The van der Waals surface area contributed by atoms with E-state index in [4.69, 9.17) is 25.8 Å². The standard InChI is InChI=1S/C18H18ClNO5/c1-12(18(22)20-14-8-4-6-10-16(14)23-2)25-17(21)11-24-15-9-5-3-7-13(15)19/h3-10,12H,11H2,1-2H3,(H,20,22)/t12-/m0/s1. The van der Waals surface area contributed by atoms with Crippen molar-refractivity contribution < 1.29 is 23.8 Å². The summed E-state index contributed by atoms with van der Waals surface area (Å²) in [7, 11) is 1.50. The number of hydrogen-bond donors (Lipinski definition) is 1. The van der Waals surface area contributed by atoms with Gasteiger partial charge in [-0.25, -0.2) is 4.79 Å². The van der Waals surface area contributed by atoms with Gasteiger partial charge in [0.15, 0.2) is 12.7 Å². The molecule has 2 aromatic carbocycles. The molecule has 0 radical (unpaired) electrons. The molecule has 0 aliphatic heterocycles. The molecule has 1 amide bonds. The fourth-order valence-corrected chi connectivity index (χ4v) is 2.16. The maximum Gasteiger partial charge on any atom is 0.344 e. The fourth-order valence-electron chi connectivity index (χ4n) is 1.97. The first-order valence-electron chi connectivity index (χ1n) is 7.52. The summed E-state index contributed by atoms with van der Waals surface area (Å²) in [5.41, 5.74) is 0.491. The monoisotopic (exact) mass is 363 g/mol. The molecule has 132 valence electrons. The number of benzene rings is 2. The van der Waals surface area contributed by atoms with E-state index in [2.05, 4.69) is 5.32 Å². The number of para-hydroxylation sites is 3. The molecule has 2 aromatic rings. The van der Waals surface area contributed by atoms with Crippen LogP contribution in [0.1, 0.15) is 6.92 Å². The Kier molecular flexibility index (Phi) is 6.65. The predicted molar refractivity (Wildman–Crippen MR) is 94.1 cm³/mol. The Morgan fingerprint density at radius 2 is 1.72 bits per heavy atom. The van der Waals surface area contributed by atoms with Gasteiger partial charge in [-0.1, -0.05) is 35.9 Å². The first-order chi connectivity index (χ1) is 12.0. The van der Waals surface area contributed by atoms with Gasteiger partial charge in [-0.2, -0.15) is 0 Å². The van der Waals surface area contributed by atoms with E-state index < -0.39 is 18.0 Å². The van der Waals surface area contributed by atoms with Gasteiger partial charge in [-0.05, 0) is 31.2 Å². The van der Waals surface area contributed by atoms with Crippen molar-refractivity contribution in [1.29, 1.82) is 0 Å². The van der Waals surface area contributed by atoms with Gasteiger partial charge < -0.3 is 19.5 Å². The van der Waals surface area contributed by atoms with Gasteiger partial charge in [0, 0.05) is 0 Å². The zero-order valence-corrected chi connectivity index (χ0v) is 14.6. The van der Waals surface area contributed by atoms with Crippen LogP contribution in [0.4, 0.5) is 5.69 Å². The zero-order chi connectivity index (χ0) is 18.2. The lowest BCUT2D eigenvalue weighted by Crippen LogP contribution is -2.31. The molecule has 0 unspecified atom stereocenters. The van der Waals surface area contributed by atoms with E-state index in [1.807, 2.05) is 0 Å². The first kappa shape index (κ1) is 18.6. The van der Waals surface area contributed by atoms with Crippen LogP contribution in [0.5, 0.6) is 11.5 Å². The minimum atomic E-state index is -0.993. The van der Waals surface area contributed by atoms with Gasteiger partial charge in [0.25, 0.3) is 5.91 Å². The molecule has 1 N–H and O–H groups in total. The van der Waals surface area contributed by atoms with Crippen LogP contribution in [0.2, 0.25) is 5.02 Å². The molecular formula is C18H18ClNO5. The number of methoxy groups -OCH3 is 1. The van der Waals surface area contributed by atoms with Crippen LogP contribution in [-0.4, -0.2) is 31.7 Å². The quantitative estimate of drug-likeness (QED) is 0.764. The maximum absolute atomic E-state index is 12.1. The maximum atomic E-state index is 12.1. The lowest BCUT2D eigenvalue weighted by molar-refractivity contribution is -0.155. The molecule has 7 heteroatoms. The van der Waals surface area contributed by atoms with Crippen LogP contribution in [0.3, 0.4) is 0 Å². The van der Waals surface area contributed by atoms with Gasteiger partial charge in [0.1, 0.15) is 11.5 Å². The molecular weight excluding hydrogens is 346 g/mol. The highest BCUT2D eigenvalue weighted by Gasteiger charge is 2.19. The third-order valence-corrected chi connectivity index (χ3v) is 3.54. The largest absolute Gasteiger partial charge is 0.495 e. The molecule has 25 heavy (non-hydrogen) atoms. The van der Waals surface area contributed by atoms with E-state index in [-0.39, 0.29) is 6.61 Å². The Hall–Kier alpha value is -2.73. The average Bonchev–Trinajstić information content (AvgIpc) is 2.61. The third-order valence-electron chi connectivity index (χ3n) is 3.22. The van der Waals surface area contributed by atoms with E-state index in [0.29, 0.717) is 22.2 Å². The molecule has 0 aliphatic carbocycles. The highest BCUT2D eigenvalue weighted by atomic mass is 35.5. The predicted octanol–water partition coefficient (Wildman–Crippen LogP) is 3.30. The summed E-state index contributed by atoms with van der Waals surface area (Å²) < 4.78 is 15.5. The van der Waals surface area contributed by atoms with Crippen LogP contribution < -0.4 is 14.8 Å². The van der Waals surface area contributed by atoms with Gasteiger partial charge in [-0.3, -0.25) is 4.79 Å². The van der Waals surface area contributed by atoms with Gasteiger partial charge in [0.05, 0.1) is 17.8 Å². The van der Waals surface area contributed by atoms with E-state index in [0.717, 1.165) is 0 Å². The van der Waals surface area contributed by atoms with E-state index in [9.17, 15) is 9.59 Å². The van der Waals surface area contributed by atoms with Crippen molar-refractivity contribution in [2.75, 3.05) is 19.0 Å². The van der Waals surface area contributed by atoms with Crippen LogP contribution in [0, 0.1) is 0 Å². The summed E-state index contributed by atoms with van der Waals surface area (Å²) in [4.78, 5) is 24.0. The number of halogens is 1. The Balaban J connectivity index is 1.86. The van der Waals surface area contributed by atoms with Crippen molar-refractivity contribution in [1.82, 2.24) is 0 Å². The molecule has 0 aliphatic rings. The van der Waals surface area contributed by atoms with Crippen LogP contribution >= 0.6 is 11.6 Å². The number of hydrogen-bond acceptors (Lipinski definition) is 5. The second kappa shape index (κ2) is 8.94. The van der Waals surface area contributed by atoms with Gasteiger partial charge in [0.2, 0.25) is 0 Å². The second-order valence-corrected chi connectivity index (χ2v) is 5.45. The molecule has 1 atom stereocenters. The molecule has 0 saturated heterocycles. The normalized spacial score (nSPS) is 11.3. The van der Waals surface area contributed by atoms with E-state index in [1.165, 1.54) is 14.0 Å². The van der Waals surface area contributed by atoms with Crippen molar-refractivity contribution in [2.24, 2.45) is 0 Å². The van der Waals surface area contributed by atoms with Crippen molar-refractivity contribution in [3.63, 3.8) is 0 Å². The van der Waals surface area contributed by atoms with Crippen LogP contribution in [0.15, 0.2) is 48.5 Å². The van der Waals surface area contributed by atoms with Gasteiger partial charge in [-0.15, -0.1) is 0 Å². The number of ether oxygens (including phenoxy) is 3. The summed E-state index contributed by atoms with van der Waals surface area (Å²) in [6, 6.07) is 13.7. The molecule has 0 heterocycles. The lowest BCUT2D eigenvalue weighted by Gasteiger charge is -2.15. The van der Waals surface area contributed by atoms with E-state index in [1.54, 1.807) is 48.5 Å². The third kappa shape index (κ3) is 5.39. The SMILES string of the molecule is COc1ccccc1NC(=O)[C@H](C)OC(=O)COc1ccccc1Cl. The molecule has 6 nitrogen and oxygen atoms in total. The number of carbonyl (C=O) groups is 2. The topological polar surface area (TPSA) is 73.9 Å². The highest BCUT2D eigenvalue weighted by molar-refractivity contribution is 6.32. The number of rotatable bonds is 7. The Morgan fingerprint density at radius 3 is 2.40 bits per heavy atom. The lowest BCUT2D eigenvalue weighted by atomic mass is 10.2. The number of amides is 1. The summed E-state index contributed by atoms with van der Waals surface area (Å²) in [5, 5.41) is 3.03. The molecule has 0 spiro atoms. The number of carbonyl (C=O) groups excluding carboxylic acids is 2. The average molecular weight is 364 g/mol. The smallest absolute Gasteiger partial charge is 0.344 e. The van der Waals surface area contributed by atoms with Crippen molar-refractivity contribution in [2.45, 2.75) is 13.0 Å². The van der Waals surface area contributed by atoms with E-state index >= 15 is 0 Å². The van der Waals surface area contributed by atoms with Crippen molar-refractivity contribution in [3.8, 4) is 11.5 Å².